The van der Waals surface area contributed by atoms with Gasteiger partial charge < -0.3 is 13.7 Å². The van der Waals surface area contributed by atoms with Crippen molar-refractivity contribution in [1.29, 1.82) is 0 Å². The molecule has 702 valence electrons. The van der Waals surface area contributed by atoms with Crippen molar-refractivity contribution in [2.24, 2.45) is 0 Å². The molecule has 3 heteroatoms. The standard InChI is InChI=1S/C50H37N.C49H35N.C47H31N/c1-50(2,3)36-26-20-34(21-27-36)46-40-16-8-10-18-42(40)47(43-19-11-9-17-41(43)46)35-22-28-37(29-23-35)51-44-30-24-32-12-4-6-14-38(32)48(44)49-39-15-7-5-13-33(39)25-31-45(49)51;1-30-28-31(2)45(32(3)29-30)47-41-18-10-8-16-39(41)46(40-17-9-11-19-42(40)47)35-20-24-36(25-21-35)50-43-26-22-33-12-4-6-14-37(33)48(43)49-38-15-7-5-13-34(38)23-27-44(49)50;1-30-18-20-33(21-19-30)44-38-14-6-8-16-40(38)45(41-17-9-7-15-39(41)44)34-22-26-35(27-23-34)48-42-28-24-31-10-2-4-12-36(31)46(42)47-37-13-5-3-11-32(37)25-29-43(47)48/h4-31H,1-3H3;4-29H,1-3H3;2-29H,1H3. The van der Waals surface area contributed by atoms with E-state index in [0.29, 0.717) is 0 Å². The summed E-state index contributed by atoms with van der Waals surface area (Å²) in [7, 11) is 0. The van der Waals surface area contributed by atoms with Gasteiger partial charge in [-0.05, 0) is 319 Å². The minimum Gasteiger partial charge on any atom is -0.309 e. The highest BCUT2D eigenvalue weighted by atomic mass is 15.0. The molecule has 27 aromatic carbocycles. The van der Waals surface area contributed by atoms with Crippen LogP contribution in [-0.2, 0) is 5.41 Å². The molecular formula is C146H103N3. The van der Waals surface area contributed by atoms with Crippen LogP contribution in [0.25, 0.3) is 279 Å². The zero-order valence-electron chi connectivity index (χ0n) is 84.2. The lowest BCUT2D eigenvalue weighted by molar-refractivity contribution is 0.590. The van der Waals surface area contributed by atoms with Crippen molar-refractivity contribution >= 4 is 195 Å². The number of hydrogen-bond donors (Lipinski definition) is 0. The van der Waals surface area contributed by atoms with E-state index in [1.54, 1.807) is 0 Å². The zero-order chi connectivity index (χ0) is 99.5. The number of hydrogen-bond acceptors (Lipinski definition) is 0. The fraction of sp³-hybridized carbons (Fsp3) is 0.0548. The number of rotatable bonds is 9. The van der Waals surface area contributed by atoms with E-state index in [4.69, 9.17) is 0 Å². The van der Waals surface area contributed by atoms with E-state index in [1.165, 1.54) is 289 Å². The molecule has 149 heavy (non-hydrogen) atoms. The van der Waals surface area contributed by atoms with Gasteiger partial charge in [-0.15, -0.1) is 0 Å². The minimum absolute atomic E-state index is 0.111. The third kappa shape index (κ3) is 14.3. The highest BCUT2D eigenvalue weighted by Gasteiger charge is 2.28. The molecule has 0 aliphatic rings. The Morgan fingerprint density at radius 3 is 0.523 bits per heavy atom. The Kier molecular flexibility index (Phi) is 20.8. The fourth-order valence-electron chi connectivity index (χ4n) is 25.5. The van der Waals surface area contributed by atoms with Crippen molar-refractivity contribution in [2.45, 2.75) is 53.9 Å². The van der Waals surface area contributed by atoms with Gasteiger partial charge in [-0.25, -0.2) is 0 Å². The highest BCUT2D eigenvalue weighted by Crippen LogP contribution is 2.53. The maximum absolute atomic E-state index is 2.45. The van der Waals surface area contributed by atoms with Crippen LogP contribution >= 0.6 is 0 Å². The number of nitrogens with zero attached hydrogens (tertiary/aromatic N) is 3. The summed E-state index contributed by atoms with van der Waals surface area (Å²) >= 11 is 0. The van der Waals surface area contributed by atoms with Crippen molar-refractivity contribution in [3.63, 3.8) is 0 Å². The van der Waals surface area contributed by atoms with Crippen molar-refractivity contribution in [1.82, 2.24) is 13.7 Å². The Bertz CT molecular complexity index is 10300. The van der Waals surface area contributed by atoms with E-state index in [2.05, 4.69) is 560 Å². The molecule has 0 unspecified atom stereocenters. The molecule has 0 fully saturated rings. The molecule has 0 amide bonds. The Balaban J connectivity index is 0.000000108. The quantitative estimate of drug-likeness (QED) is 0.128. The number of aromatic nitrogens is 3. The molecule has 0 spiro atoms. The smallest absolute Gasteiger partial charge is 0.0547 e. The van der Waals surface area contributed by atoms with Gasteiger partial charge in [0.1, 0.15) is 0 Å². The molecule has 0 saturated carbocycles. The molecule has 0 atom stereocenters. The Morgan fingerprint density at radius 2 is 0.322 bits per heavy atom. The van der Waals surface area contributed by atoms with Gasteiger partial charge in [0.15, 0.2) is 0 Å². The first-order valence-corrected chi connectivity index (χ1v) is 52.2. The van der Waals surface area contributed by atoms with E-state index < -0.39 is 0 Å². The van der Waals surface area contributed by atoms with Crippen LogP contribution in [0.15, 0.2) is 497 Å². The first-order chi connectivity index (χ1) is 73.3. The predicted octanol–water partition coefficient (Wildman–Crippen LogP) is 40.7. The lowest BCUT2D eigenvalue weighted by atomic mass is 9.83. The van der Waals surface area contributed by atoms with Crippen LogP contribution in [0.4, 0.5) is 0 Å². The highest BCUT2D eigenvalue weighted by molar-refractivity contribution is 6.33. The van der Waals surface area contributed by atoms with E-state index in [-0.39, 0.29) is 5.41 Å². The summed E-state index contributed by atoms with van der Waals surface area (Å²) in [5, 5.41) is 38.5. The first kappa shape index (κ1) is 88.2. The fourth-order valence-corrected chi connectivity index (χ4v) is 25.5. The van der Waals surface area contributed by atoms with Crippen LogP contribution in [0.2, 0.25) is 0 Å². The molecule has 3 heterocycles. The molecule has 30 aromatic rings. The summed E-state index contributed by atoms with van der Waals surface area (Å²) in [5.41, 5.74) is 32.8. The van der Waals surface area contributed by atoms with Gasteiger partial charge in [0, 0.05) is 49.4 Å². The van der Waals surface area contributed by atoms with Gasteiger partial charge in [-0.1, -0.05) is 457 Å². The monoisotopic (exact) mass is 1900 g/mol. The number of benzene rings is 27. The second-order valence-corrected chi connectivity index (χ2v) is 41.7. The van der Waals surface area contributed by atoms with Gasteiger partial charge in [0.25, 0.3) is 0 Å². The van der Waals surface area contributed by atoms with E-state index in [1.807, 2.05) is 0 Å². The molecule has 0 aliphatic heterocycles. The maximum atomic E-state index is 2.45. The zero-order valence-corrected chi connectivity index (χ0v) is 84.2. The summed E-state index contributed by atoms with van der Waals surface area (Å²) in [6, 6.07) is 184. The molecule has 0 N–H and O–H groups in total. The van der Waals surface area contributed by atoms with Crippen LogP contribution in [0.5, 0.6) is 0 Å². The van der Waals surface area contributed by atoms with Gasteiger partial charge in [0.05, 0.1) is 33.1 Å². The van der Waals surface area contributed by atoms with Crippen molar-refractivity contribution < 1.29 is 0 Å². The molecule has 0 radical (unpaired) electrons. The summed E-state index contributed by atoms with van der Waals surface area (Å²) in [5.74, 6) is 0. The molecule has 0 aliphatic carbocycles. The third-order valence-electron chi connectivity index (χ3n) is 32.0. The normalized spacial score (nSPS) is 12.0. The second-order valence-electron chi connectivity index (χ2n) is 41.7. The number of fused-ring (bicyclic) bond motifs is 27. The van der Waals surface area contributed by atoms with Gasteiger partial charge in [0.2, 0.25) is 0 Å². The molecule has 3 nitrogen and oxygen atoms in total. The largest absolute Gasteiger partial charge is 0.309 e. The summed E-state index contributed by atoms with van der Waals surface area (Å²) in [6.07, 6.45) is 0. The SMILES string of the molecule is CC(C)(C)c1ccc(-c2c3ccccc3c(-c3ccc(-n4c5ccc6ccccc6c5c5c6ccccc6ccc54)cc3)c3ccccc23)cc1.Cc1cc(C)c(-c2c3ccccc3c(-c3ccc(-n4c5ccc6ccccc6c5c5c6ccccc6ccc54)cc3)c3ccccc23)c(C)c1.Cc1ccc(-c2c3ccccc3c(-c3ccc(-n4c5ccc6ccccc6c5c5c6ccccc6ccc54)cc3)c3ccccc23)cc1. The Hall–Kier alpha value is -18.5. The molecular weight excluding hydrogens is 1800 g/mol. The molecule has 0 bridgehead atoms. The topological polar surface area (TPSA) is 14.8 Å². The van der Waals surface area contributed by atoms with Gasteiger partial charge in [-0.3, -0.25) is 0 Å². The van der Waals surface area contributed by atoms with Crippen molar-refractivity contribution in [3.05, 3.63) is 525 Å². The van der Waals surface area contributed by atoms with Gasteiger partial charge in [-0.2, -0.15) is 0 Å². The van der Waals surface area contributed by atoms with E-state index >= 15 is 0 Å². The van der Waals surface area contributed by atoms with Gasteiger partial charge >= 0.3 is 0 Å². The van der Waals surface area contributed by atoms with Crippen LogP contribution in [-0.4, -0.2) is 13.7 Å². The molecule has 0 saturated heterocycles. The van der Waals surface area contributed by atoms with Crippen LogP contribution in [0, 0.1) is 27.7 Å². The average molecular weight is 1900 g/mol. The van der Waals surface area contributed by atoms with Crippen LogP contribution < -0.4 is 0 Å². The first-order valence-electron chi connectivity index (χ1n) is 52.2. The Labute approximate surface area is 865 Å². The van der Waals surface area contributed by atoms with Crippen LogP contribution in [0.1, 0.15) is 48.6 Å². The lowest BCUT2D eigenvalue weighted by Gasteiger charge is -2.21. The van der Waals surface area contributed by atoms with Crippen LogP contribution in [0.3, 0.4) is 0 Å². The predicted molar refractivity (Wildman–Crippen MR) is 643 cm³/mol. The van der Waals surface area contributed by atoms with E-state index in [9.17, 15) is 0 Å². The molecule has 30 rings (SSSR count). The lowest BCUT2D eigenvalue weighted by Crippen LogP contribution is -2.10. The average Bonchev–Trinajstić information content (AvgIpc) is 1.67. The second kappa shape index (κ2) is 35.2. The minimum atomic E-state index is 0.111. The Morgan fingerprint density at radius 1 is 0.148 bits per heavy atom. The third-order valence-corrected chi connectivity index (χ3v) is 32.0. The van der Waals surface area contributed by atoms with E-state index in [0.717, 1.165) is 17.1 Å². The number of aryl methyl sites for hydroxylation is 4. The summed E-state index contributed by atoms with van der Waals surface area (Å²) < 4.78 is 7.35. The maximum Gasteiger partial charge on any atom is 0.0547 e. The summed E-state index contributed by atoms with van der Waals surface area (Å²) in [4.78, 5) is 0. The molecule has 3 aromatic heterocycles. The van der Waals surface area contributed by atoms with Crippen molar-refractivity contribution in [3.8, 4) is 83.8 Å². The summed E-state index contributed by atoms with van der Waals surface area (Å²) in [6.45, 7) is 15.7. The van der Waals surface area contributed by atoms with Crippen molar-refractivity contribution in [2.75, 3.05) is 0 Å².